The van der Waals surface area contributed by atoms with Crippen LogP contribution in [0.3, 0.4) is 0 Å². The first-order valence-corrected chi connectivity index (χ1v) is 11.8. The topological polar surface area (TPSA) is 72.3 Å². The molecule has 0 N–H and O–H groups in total. The van der Waals surface area contributed by atoms with E-state index in [1.807, 2.05) is 11.5 Å². The molecule has 1 saturated heterocycles. The number of sulfone groups is 1. The first-order chi connectivity index (χ1) is 14.8. The Morgan fingerprint density at radius 1 is 1.29 bits per heavy atom. The van der Waals surface area contributed by atoms with Crippen molar-refractivity contribution in [3.05, 3.63) is 65.2 Å². The van der Waals surface area contributed by atoms with Gasteiger partial charge in [-0.1, -0.05) is 18.1 Å². The highest BCUT2D eigenvalue weighted by molar-refractivity contribution is 7.91. The number of aryl methyl sites for hydroxylation is 1. The summed E-state index contributed by atoms with van der Waals surface area (Å²) in [6, 6.07) is 11.0. The monoisotopic (exact) mass is 439 g/mol. The number of terminal acetylenes is 1. The predicted molar refractivity (Wildman–Crippen MR) is 117 cm³/mol. The molecule has 0 aliphatic carbocycles. The van der Waals surface area contributed by atoms with Crippen LogP contribution in [0.1, 0.15) is 34.2 Å². The van der Waals surface area contributed by atoms with Gasteiger partial charge < -0.3 is 9.47 Å². The Hall–Kier alpha value is -3.18. The molecule has 1 aromatic heterocycles. The number of benzene rings is 2. The lowest BCUT2D eigenvalue weighted by Gasteiger charge is -2.20. The Morgan fingerprint density at radius 2 is 2.03 bits per heavy atom. The van der Waals surface area contributed by atoms with Gasteiger partial charge in [0.2, 0.25) is 0 Å². The standard InChI is InChI=1S/C23H22FN3O3S/c1-3-11-26(14-17-4-7-19(24)8-5-17)23(28)18-6-9-22-21(13-18)25-16(2)27(22)20-10-12-31(29,30)15-20/h1,4-9,13,20H,10-12,14-15H2,2H3/t20-/m1/s1. The fraction of sp³-hybridized carbons (Fsp3) is 0.304. The van der Waals surface area contributed by atoms with Crippen LogP contribution in [-0.2, 0) is 16.4 Å². The van der Waals surface area contributed by atoms with Gasteiger partial charge in [0.15, 0.2) is 9.84 Å². The maximum atomic E-state index is 13.2. The highest BCUT2D eigenvalue weighted by Crippen LogP contribution is 2.30. The molecule has 0 bridgehead atoms. The second kappa shape index (κ2) is 8.16. The number of fused-ring (bicyclic) bond motifs is 1. The number of rotatable bonds is 5. The van der Waals surface area contributed by atoms with Crippen molar-refractivity contribution < 1.29 is 17.6 Å². The van der Waals surface area contributed by atoms with Gasteiger partial charge in [0.25, 0.3) is 5.91 Å². The van der Waals surface area contributed by atoms with Crippen molar-refractivity contribution in [3.8, 4) is 12.3 Å². The average Bonchev–Trinajstić information content (AvgIpc) is 3.25. The molecule has 31 heavy (non-hydrogen) atoms. The number of nitrogens with zero attached hydrogens (tertiary/aromatic N) is 3. The van der Waals surface area contributed by atoms with Crippen LogP contribution in [0.4, 0.5) is 4.39 Å². The van der Waals surface area contributed by atoms with Gasteiger partial charge in [-0.05, 0) is 49.2 Å². The van der Waals surface area contributed by atoms with Gasteiger partial charge in [-0.3, -0.25) is 4.79 Å². The van der Waals surface area contributed by atoms with Crippen LogP contribution in [0.15, 0.2) is 42.5 Å². The molecule has 1 aliphatic heterocycles. The molecule has 1 amide bonds. The highest BCUT2D eigenvalue weighted by atomic mass is 32.2. The quantitative estimate of drug-likeness (QED) is 0.573. The summed E-state index contributed by atoms with van der Waals surface area (Å²) in [4.78, 5) is 19.2. The van der Waals surface area contributed by atoms with Gasteiger partial charge in [0.05, 0.1) is 35.1 Å². The minimum atomic E-state index is -3.03. The zero-order valence-corrected chi connectivity index (χ0v) is 17.9. The molecule has 1 fully saturated rings. The molecule has 2 aromatic carbocycles. The fourth-order valence-corrected chi connectivity index (χ4v) is 5.79. The number of halogens is 1. The second-order valence-corrected chi connectivity index (χ2v) is 10.0. The maximum Gasteiger partial charge on any atom is 0.255 e. The number of amides is 1. The predicted octanol–water partition coefficient (Wildman–Crippen LogP) is 3.12. The van der Waals surface area contributed by atoms with Crippen molar-refractivity contribution in [1.82, 2.24) is 14.5 Å². The molecule has 4 rings (SSSR count). The van der Waals surface area contributed by atoms with Crippen LogP contribution in [0.25, 0.3) is 11.0 Å². The van der Waals surface area contributed by atoms with Gasteiger partial charge in [0.1, 0.15) is 11.6 Å². The minimum Gasteiger partial charge on any atom is -0.324 e. The van der Waals surface area contributed by atoms with E-state index in [4.69, 9.17) is 6.42 Å². The van der Waals surface area contributed by atoms with Gasteiger partial charge in [-0.2, -0.15) is 0 Å². The molecule has 1 aliphatic rings. The summed E-state index contributed by atoms with van der Waals surface area (Å²) in [7, 11) is -3.03. The third-order valence-electron chi connectivity index (χ3n) is 5.54. The Kier molecular flexibility index (Phi) is 5.54. The molecular formula is C23H22FN3O3S. The van der Waals surface area contributed by atoms with E-state index in [-0.39, 0.29) is 42.4 Å². The summed E-state index contributed by atoms with van der Waals surface area (Å²) in [5.74, 6) is 2.91. The molecular weight excluding hydrogens is 417 g/mol. The van der Waals surface area contributed by atoms with E-state index in [2.05, 4.69) is 10.9 Å². The zero-order valence-electron chi connectivity index (χ0n) is 17.1. The van der Waals surface area contributed by atoms with Gasteiger partial charge >= 0.3 is 0 Å². The van der Waals surface area contributed by atoms with Crippen molar-refractivity contribution in [2.24, 2.45) is 0 Å². The largest absolute Gasteiger partial charge is 0.324 e. The van der Waals surface area contributed by atoms with Crippen molar-refractivity contribution in [2.75, 3.05) is 18.1 Å². The van der Waals surface area contributed by atoms with Crippen LogP contribution >= 0.6 is 0 Å². The normalized spacial score (nSPS) is 17.5. The van der Waals surface area contributed by atoms with Crippen molar-refractivity contribution in [3.63, 3.8) is 0 Å². The maximum absolute atomic E-state index is 13.2. The lowest BCUT2D eigenvalue weighted by Crippen LogP contribution is -2.31. The number of hydrogen-bond acceptors (Lipinski definition) is 4. The van der Waals surface area contributed by atoms with E-state index in [1.165, 1.54) is 17.0 Å². The number of imidazole rings is 1. The summed E-state index contributed by atoms with van der Waals surface area (Å²) in [6.45, 7) is 2.21. The van der Waals surface area contributed by atoms with Crippen LogP contribution in [0, 0.1) is 25.1 Å². The summed E-state index contributed by atoms with van der Waals surface area (Å²) in [5, 5.41) is 0. The van der Waals surface area contributed by atoms with E-state index in [0.29, 0.717) is 23.3 Å². The van der Waals surface area contributed by atoms with E-state index >= 15 is 0 Å². The molecule has 8 heteroatoms. The molecule has 0 radical (unpaired) electrons. The number of aromatic nitrogens is 2. The minimum absolute atomic E-state index is 0.105. The first kappa shape index (κ1) is 21.1. The molecule has 1 atom stereocenters. The first-order valence-electron chi connectivity index (χ1n) is 9.93. The summed E-state index contributed by atoms with van der Waals surface area (Å²) < 4.78 is 39.0. The van der Waals surface area contributed by atoms with E-state index in [1.54, 1.807) is 30.3 Å². The number of hydrogen-bond donors (Lipinski definition) is 0. The Morgan fingerprint density at radius 3 is 2.68 bits per heavy atom. The third-order valence-corrected chi connectivity index (χ3v) is 7.29. The van der Waals surface area contributed by atoms with Crippen LogP contribution in [0.5, 0.6) is 0 Å². The molecule has 6 nitrogen and oxygen atoms in total. The number of carbonyl (C=O) groups is 1. The molecule has 160 valence electrons. The van der Waals surface area contributed by atoms with E-state index < -0.39 is 9.84 Å². The summed E-state index contributed by atoms with van der Waals surface area (Å²) >= 11 is 0. The van der Waals surface area contributed by atoms with Crippen molar-refractivity contribution in [2.45, 2.75) is 25.9 Å². The van der Waals surface area contributed by atoms with E-state index in [9.17, 15) is 17.6 Å². The van der Waals surface area contributed by atoms with Crippen molar-refractivity contribution >= 4 is 26.8 Å². The summed E-state index contributed by atoms with van der Waals surface area (Å²) in [5.41, 5.74) is 2.65. The Bertz CT molecular complexity index is 1290. The lowest BCUT2D eigenvalue weighted by molar-refractivity contribution is 0.0766. The zero-order chi connectivity index (χ0) is 22.2. The third kappa shape index (κ3) is 4.32. The van der Waals surface area contributed by atoms with Crippen LogP contribution in [0.2, 0.25) is 0 Å². The molecule has 0 spiro atoms. The molecule has 3 aromatic rings. The smallest absolute Gasteiger partial charge is 0.255 e. The van der Waals surface area contributed by atoms with Crippen molar-refractivity contribution in [1.29, 1.82) is 0 Å². The number of carbonyl (C=O) groups excluding carboxylic acids is 1. The summed E-state index contributed by atoms with van der Waals surface area (Å²) in [6.07, 6.45) is 6.02. The molecule has 0 unspecified atom stereocenters. The Labute approximate surface area is 180 Å². The van der Waals surface area contributed by atoms with E-state index in [0.717, 1.165) is 11.1 Å². The second-order valence-electron chi connectivity index (χ2n) is 7.78. The molecule has 0 saturated carbocycles. The van der Waals surface area contributed by atoms with Gasteiger partial charge in [0, 0.05) is 12.1 Å². The lowest BCUT2D eigenvalue weighted by atomic mass is 10.1. The highest BCUT2D eigenvalue weighted by Gasteiger charge is 2.31. The van der Waals surface area contributed by atoms with Crippen LogP contribution in [-0.4, -0.2) is 46.8 Å². The Balaban J connectivity index is 1.63. The van der Waals surface area contributed by atoms with Gasteiger partial charge in [-0.15, -0.1) is 6.42 Å². The van der Waals surface area contributed by atoms with Gasteiger partial charge in [-0.25, -0.2) is 17.8 Å². The average molecular weight is 440 g/mol. The molecule has 2 heterocycles. The fourth-order valence-electron chi connectivity index (χ4n) is 4.09. The van der Waals surface area contributed by atoms with Crippen LogP contribution < -0.4 is 0 Å². The SMILES string of the molecule is C#CCN(Cc1ccc(F)cc1)C(=O)c1ccc2c(c1)nc(C)n2[C@@H]1CCS(=O)(=O)C1.